The summed E-state index contributed by atoms with van der Waals surface area (Å²) in [5.41, 5.74) is 22.4. The van der Waals surface area contributed by atoms with Gasteiger partial charge in [0.25, 0.3) is 0 Å². The number of benzene rings is 9. The highest BCUT2D eigenvalue weighted by Gasteiger charge is 2.48. The lowest BCUT2D eigenvalue weighted by molar-refractivity contribution is 0.771. The van der Waals surface area contributed by atoms with E-state index >= 15 is 0 Å². The number of allylic oxidation sites excluding steroid dienone is 1. The Bertz CT molecular complexity index is 3300. The first-order valence-corrected chi connectivity index (χ1v) is 21.6. The van der Waals surface area contributed by atoms with Crippen LogP contribution >= 0.6 is 0 Å². The van der Waals surface area contributed by atoms with Crippen LogP contribution in [0.25, 0.3) is 60.6 Å². The molecule has 0 bridgehead atoms. The number of nitrogens with zero attached hydrogens (tertiary/aromatic N) is 2. The highest BCUT2D eigenvalue weighted by atomic mass is 14.9. The Morgan fingerprint density at radius 1 is 0.508 bits per heavy atom. The first-order chi connectivity index (χ1) is 31.2. The Morgan fingerprint density at radius 3 is 1.87 bits per heavy atom. The fourth-order valence-corrected chi connectivity index (χ4v) is 9.90. The number of fused-ring (bicyclic) bond motifs is 6. The number of nitrogens with two attached hydrogens (primary N) is 1. The van der Waals surface area contributed by atoms with Gasteiger partial charge in [-0.15, -0.1) is 0 Å². The molecule has 2 N–H and O–H groups in total. The first kappa shape index (κ1) is 37.8. The van der Waals surface area contributed by atoms with Crippen LogP contribution in [0.4, 0.5) is 0 Å². The Hall–Kier alpha value is -8.14. The van der Waals surface area contributed by atoms with Crippen molar-refractivity contribution in [2.75, 3.05) is 0 Å². The van der Waals surface area contributed by atoms with E-state index in [1.54, 1.807) is 6.20 Å². The first-order valence-electron chi connectivity index (χ1n) is 21.6. The normalized spacial score (nSPS) is 13.2. The monoisotopic (exact) mass is 805 g/mol. The Balaban J connectivity index is 1.12. The molecule has 0 amide bonds. The molecule has 0 saturated heterocycles. The van der Waals surface area contributed by atoms with Gasteiger partial charge in [-0.3, -0.25) is 4.98 Å². The van der Waals surface area contributed by atoms with Crippen LogP contribution in [0.1, 0.15) is 38.9 Å². The molecule has 0 spiro atoms. The molecule has 1 aliphatic carbocycles. The number of hydrogen-bond acceptors (Lipinski definition) is 2. The molecule has 0 atom stereocenters. The van der Waals surface area contributed by atoms with Crippen LogP contribution in [0.15, 0.2) is 242 Å². The van der Waals surface area contributed by atoms with Crippen LogP contribution in [0.2, 0.25) is 0 Å². The molecule has 10 aromatic rings. The largest absolute Gasteiger partial charge is 0.383 e. The smallest absolute Gasteiger partial charge is 0.131 e. The summed E-state index contributed by atoms with van der Waals surface area (Å²) < 4.78 is 0. The molecule has 11 rings (SSSR count). The predicted octanol–water partition coefficient (Wildman–Crippen LogP) is 14.1. The maximum atomic E-state index is 6.84. The van der Waals surface area contributed by atoms with E-state index in [0.717, 1.165) is 38.7 Å². The van der Waals surface area contributed by atoms with Crippen LogP contribution in [-0.2, 0) is 11.8 Å². The molecule has 0 aliphatic heterocycles. The van der Waals surface area contributed by atoms with Gasteiger partial charge in [0.15, 0.2) is 0 Å². The summed E-state index contributed by atoms with van der Waals surface area (Å²) in [6.45, 7) is 0. The van der Waals surface area contributed by atoms with Gasteiger partial charge in [-0.05, 0) is 95.2 Å². The summed E-state index contributed by atoms with van der Waals surface area (Å²) in [6.07, 6.45) is 6.60. The molecule has 63 heavy (non-hydrogen) atoms. The molecule has 0 radical (unpaired) electrons. The minimum atomic E-state index is -0.584. The SMILES string of the molecule is NC(=N/C(=C\Cc1ccc(-c2cccnc2)cc1)c1ccc(-c2cccc3c2C(c2ccccc2)(c2ccccc2)c2ccc4ccccc4c2-3)c2ccccc12)c1ccccc1. The molecule has 1 heterocycles. The topological polar surface area (TPSA) is 51.3 Å². The highest BCUT2D eigenvalue weighted by molar-refractivity contribution is 6.10. The van der Waals surface area contributed by atoms with Crippen molar-refractivity contribution in [3.05, 3.63) is 276 Å². The van der Waals surface area contributed by atoms with Crippen molar-refractivity contribution in [2.24, 2.45) is 10.7 Å². The third kappa shape index (κ3) is 6.54. The average molecular weight is 806 g/mol. The van der Waals surface area contributed by atoms with Crippen molar-refractivity contribution < 1.29 is 0 Å². The fourth-order valence-electron chi connectivity index (χ4n) is 9.90. The van der Waals surface area contributed by atoms with Crippen LogP contribution in [-0.4, -0.2) is 10.8 Å². The molecule has 0 fully saturated rings. The van der Waals surface area contributed by atoms with E-state index in [9.17, 15) is 0 Å². The molecule has 3 heteroatoms. The zero-order valence-corrected chi connectivity index (χ0v) is 34.7. The van der Waals surface area contributed by atoms with Gasteiger partial charge in [-0.25, -0.2) is 4.99 Å². The van der Waals surface area contributed by atoms with Crippen LogP contribution < -0.4 is 5.73 Å². The molecule has 0 saturated carbocycles. The molecular weight excluding hydrogens is 763 g/mol. The van der Waals surface area contributed by atoms with E-state index in [0.29, 0.717) is 12.3 Å². The highest BCUT2D eigenvalue weighted by Crippen LogP contribution is 2.60. The van der Waals surface area contributed by atoms with Gasteiger partial charge < -0.3 is 5.73 Å². The van der Waals surface area contributed by atoms with Crippen molar-refractivity contribution in [1.82, 2.24) is 4.98 Å². The minimum Gasteiger partial charge on any atom is -0.383 e. The number of rotatable bonds is 9. The van der Waals surface area contributed by atoms with Gasteiger partial charge in [0.1, 0.15) is 5.84 Å². The molecule has 9 aromatic carbocycles. The number of amidine groups is 1. The van der Waals surface area contributed by atoms with E-state index < -0.39 is 5.41 Å². The van der Waals surface area contributed by atoms with E-state index in [1.165, 1.54) is 60.8 Å². The zero-order valence-electron chi connectivity index (χ0n) is 34.7. The lowest BCUT2D eigenvalue weighted by atomic mass is 9.66. The quantitative estimate of drug-likeness (QED) is 0.117. The second-order valence-electron chi connectivity index (χ2n) is 16.2. The van der Waals surface area contributed by atoms with Crippen molar-refractivity contribution in [1.29, 1.82) is 0 Å². The molecule has 3 nitrogen and oxygen atoms in total. The van der Waals surface area contributed by atoms with Crippen molar-refractivity contribution in [3.63, 3.8) is 0 Å². The standard InChI is InChI=1S/C60H43N3/c61-59(44-17-4-1-5-18-44)63-56(38-31-41-29-32-42(33-30-41)45-19-15-39-62-40-45)52-36-35-51(49-25-12-13-26-50(49)52)53-27-14-28-54-57-48-24-11-10-16-43(48)34-37-55(57)60(58(53)54,46-20-6-2-7-21-46)47-22-8-3-9-23-47/h1-30,32-40H,31H2,(H2,61,63)/b56-38-. The predicted molar refractivity (Wildman–Crippen MR) is 263 cm³/mol. The Kier molecular flexibility index (Phi) is 9.63. The third-order valence-corrected chi connectivity index (χ3v) is 12.7. The van der Waals surface area contributed by atoms with Crippen LogP contribution in [0.5, 0.6) is 0 Å². The van der Waals surface area contributed by atoms with Crippen LogP contribution in [0, 0.1) is 0 Å². The molecule has 1 aliphatic rings. The third-order valence-electron chi connectivity index (χ3n) is 12.7. The molecule has 0 unspecified atom stereocenters. The van der Waals surface area contributed by atoms with E-state index in [4.69, 9.17) is 10.7 Å². The summed E-state index contributed by atoms with van der Waals surface area (Å²) >= 11 is 0. The molecular formula is C60H43N3. The number of pyridine rings is 1. The van der Waals surface area contributed by atoms with Gasteiger partial charge in [-0.2, -0.15) is 0 Å². The van der Waals surface area contributed by atoms with Crippen molar-refractivity contribution in [2.45, 2.75) is 11.8 Å². The summed E-state index contributed by atoms with van der Waals surface area (Å²) in [6, 6.07) is 78.6. The summed E-state index contributed by atoms with van der Waals surface area (Å²) in [7, 11) is 0. The second-order valence-corrected chi connectivity index (χ2v) is 16.2. The molecule has 1 aromatic heterocycles. The number of hydrogen-bond donors (Lipinski definition) is 1. The second kappa shape index (κ2) is 16.0. The molecule has 298 valence electrons. The number of aromatic nitrogens is 1. The average Bonchev–Trinajstić information content (AvgIpc) is 3.68. The maximum Gasteiger partial charge on any atom is 0.131 e. The van der Waals surface area contributed by atoms with Gasteiger partial charge in [-0.1, -0.05) is 218 Å². The van der Waals surface area contributed by atoms with Gasteiger partial charge >= 0.3 is 0 Å². The van der Waals surface area contributed by atoms with Crippen LogP contribution in [0.3, 0.4) is 0 Å². The Morgan fingerprint density at radius 2 is 1.16 bits per heavy atom. The zero-order chi connectivity index (χ0) is 42.2. The van der Waals surface area contributed by atoms with Crippen molar-refractivity contribution in [3.8, 4) is 33.4 Å². The summed E-state index contributed by atoms with van der Waals surface area (Å²) in [5, 5.41) is 4.76. The van der Waals surface area contributed by atoms with E-state index in [2.05, 4.69) is 193 Å². The number of aliphatic imine (C=N–C) groups is 1. The van der Waals surface area contributed by atoms with E-state index in [1.807, 2.05) is 42.6 Å². The maximum absolute atomic E-state index is 6.84. The summed E-state index contributed by atoms with van der Waals surface area (Å²) in [5.74, 6) is 0.475. The lowest BCUT2D eigenvalue weighted by Crippen LogP contribution is -2.29. The van der Waals surface area contributed by atoms with Gasteiger partial charge in [0, 0.05) is 23.5 Å². The summed E-state index contributed by atoms with van der Waals surface area (Å²) in [4.78, 5) is 9.53. The lowest BCUT2D eigenvalue weighted by Gasteiger charge is -2.35. The fraction of sp³-hybridized carbons (Fsp3) is 0.0333. The van der Waals surface area contributed by atoms with Crippen molar-refractivity contribution >= 4 is 33.1 Å². The van der Waals surface area contributed by atoms with E-state index in [-0.39, 0.29) is 0 Å². The Labute approximate surface area is 368 Å². The minimum absolute atomic E-state index is 0.475. The van der Waals surface area contributed by atoms with Gasteiger partial charge in [0.2, 0.25) is 0 Å². The van der Waals surface area contributed by atoms with Gasteiger partial charge in [0.05, 0.1) is 11.1 Å².